The molecule has 0 aromatic heterocycles. The number of nitrogens with two attached hydrogens (primary N) is 1. The van der Waals surface area contributed by atoms with E-state index in [1.165, 1.54) is 0 Å². The third-order valence-electron chi connectivity index (χ3n) is 3.53. The van der Waals surface area contributed by atoms with Gasteiger partial charge in [-0.15, -0.1) is 0 Å². The average Bonchev–Trinajstić information content (AvgIpc) is 2.63. The Balaban J connectivity index is 1.86. The molecule has 2 N–H and O–H groups in total. The highest BCUT2D eigenvalue weighted by atomic mass is 16.5. The largest absolute Gasteiger partial charge is 0.377 e. The highest BCUT2D eigenvalue weighted by Crippen LogP contribution is 2.28. The first-order chi connectivity index (χ1) is 7.26. The number of nitrogens with zero attached hydrogens (tertiary/aromatic N) is 1. The first-order valence-corrected chi connectivity index (χ1v) is 5.86. The quantitative estimate of drug-likeness (QED) is 0.728. The summed E-state index contributed by atoms with van der Waals surface area (Å²) in [6, 6.07) is 0. The molecule has 2 unspecified atom stereocenters. The lowest BCUT2D eigenvalue weighted by Crippen LogP contribution is -2.55. The van der Waals surface area contributed by atoms with Gasteiger partial charge >= 0.3 is 0 Å². The highest BCUT2D eigenvalue weighted by Gasteiger charge is 2.39. The van der Waals surface area contributed by atoms with E-state index in [-0.39, 0.29) is 17.9 Å². The molecule has 2 saturated heterocycles. The van der Waals surface area contributed by atoms with Crippen LogP contribution < -0.4 is 5.73 Å². The van der Waals surface area contributed by atoms with E-state index < -0.39 is 0 Å². The van der Waals surface area contributed by atoms with Crippen LogP contribution in [0, 0.1) is 11.8 Å². The van der Waals surface area contributed by atoms with Crippen molar-refractivity contribution in [3.05, 3.63) is 0 Å². The lowest BCUT2D eigenvalue weighted by Gasteiger charge is -2.40. The first kappa shape index (κ1) is 10.9. The molecule has 15 heavy (non-hydrogen) atoms. The van der Waals surface area contributed by atoms with Crippen molar-refractivity contribution in [3.63, 3.8) is 0 Å². The molecule has 2 rings (SSSR count). The molecule has 0 spiro atoms. The molecule has 0 aromatic rings. The maximum Gasteiger partial charge on any atom is 0.228 e. The van der Waals surface area contributed by atoms with E-state index in [4.69, 9.17) is 10.5 Å². The van der Waals surface area contributed by atoms with Crippen LogP contribution in [0.1, 0.15) is 19.8 Å². The van der Waals surface area contributed by atoms with Crippen molar-refractivity contribution in [2.75, 3.05) is 26.2 Å². The van der Waals surface area contributed by atoms with E-state index in [1.807, 2.05) is 4.90 Å². The van der Waals surface area contributed by atoms with Crippen LogP contribution >= 0.6 is 0 Å². The zero-order valence-corrected chi connectivity index (χ0v) is 9.32. The smallest absolute Gasteiger partial charge is 0.228 e. The SMILES string of the molecule is CCC1OCCC1C(=O)N1CC(CN)C1. The van der Waals surface area contributed by atoms with Crippen molar-refractivity contribution in [3.8, 4) is 0 Å². The van der Waals surface area contributed by atoms with Crippen LogP contribution in [0.3, 0.4) is 0 Å². The second-order valence-electron chi connectivity index (χ2n) is 4.56. The zero-order valence-electron chi connectivity index (χ0n) is 9.32. The van der Waals surface area contributed by atoms with Crippen LogP contribution in [0.2, 0.25) is 0 Å². The van der Waals surface area contributed by atoms with Gasteiger partial charge in [0.15, 0.2) is 0 Å². The van der Waals surface area contributed by atoms with Crippen LogP contribution in [0.15, 0.2) is 0 Å². The van der Waals surface area contributed by atoms with Gasteiger partial charge in [-0.2, -0.15) is 0 Å². The van der Waals surface area contributed by atoms with Crippen molar-refractivity contribution in [2.24, 2.45) is 17.6 Å². The van der Waals surface area contributed by atoms with Gasteiger partial charge in [0, 0.05) is 25.6 Å². The molecule has 2 atom stereocenters. The third kappa shape index (κ3) is 2.01. The monoisotopic (exact) mass is 212 g/mol. The predicted octanol–water partition coefficient (Wildman–Crippen LogP) is 0.219. The normalized spacial score (nSPS) is 31.7. The van der Waals surface area contributed by atoms with Gasteiger partial charge in [-0.1, -0.05) is 6.92 Å². The summed E-state index contributed by atoms with van der Waals surface area (Å²) in [7, 11) is 0. The Morgan fingerprint density at radius 1 is 1.53 bits per heavy atom. The summed E-state index contributed by atoms with van der Waals surface area (Å²) in [5.74, 6) is 0.911. The number of carbonyl (C=O) groups is 1. The van der Waals surface area contributed by atoms with Crippen LogP contribution in [0.5, 0.6) is 0 Å². The van der Waals surface area contributed by atoms with E-state index in [0.29, 0.717) is 12.5 Å². The molecule has 2 aliphatic rings. The number of hydrogen-bond acceptors (Lipinski definition) is 3. The summed E-state index contributed by atoms with van der Waals surface area (Å²) >= 11 is 0. The maximum absolute atomic E-state index is 12.1. The second-order valence-corrected chi connectivity index (χ2v) is 4.56. The van der Waals surface area contributed by atoms with Crippen LogP contribution in [-0.4, -0.2) is 43.2 Å². The number of hydrogen-bond donors (Lipinski definition) is 1. The molecule has 1 amide bonds. The van der Waals surface area contributed by atoms with Crippen molar-refractivity contribution in [1.82, 2.24) is 4.90 Å². The van der Waals surface area contributed by atoms with Crippen molar-refractivity contribution >= 4 is 5.91 Å². The molecular formula is C11H20N2O2. The van der Waals surface area contributed by atoms with E-state index in [0.717, 1.165) is 32.5 Å². The Kier molecular flexibility index (Phi) is 3.26. The Morgan fingerprint density at radius 2 is 2.27 bits per heavy atom. The number of carbonyl (C=O) groups excluding carboxylic acids is 1. The third-order valence-corrected chi connectivity index (χ3v) is 3.53. The molecule has 2 heterocycles. The fourth-order valence-electron chi connectivity index (χ4n) is 2.47. The van der Waals surface area contributed by atoms with Crippen molar-refractivity contribution in [1.29, 1.82) is 0 Å². The molecular weight excluding hydrogens is 192 g/mol. The van der Waals surface area contributed by atoms with Gasteiger partial charge < -0.3 is 15.4 Å². The standard InChI is InChI=1S/C11H20N2O2/c1-2-10-9(3-4-15-10)11(14)13-6-8(5-12)7-13/h8-10H,2-7,12H2,1H3. The molecule has 0 aromatic carbocycles. The lowest BCUT2D eigenvalue weighted by molar-refractivity contribution is -0.143. The predicted molar refractivity (Wildman–Crippen MR) is 57.3 cm³/mol. The van der Waals surface area contributed by atoms with Gasteiger partial charge in [-0.3, -0.25) is 4.79 Å². The zero-order chi connectivity index (χ0) is 10.8. The summed E-state index contributed by atoms with van der Waals surface area (Å²) in [4.78, 5) is 14.0. The Morgan fingerprint density at radius 3 is 2.87 bits per heavy atom. The van der Waals surface area contributed by atoms with E-state index in [1.54, 1.807) is 0 Å². The van der Waals surface area contributed by atoms with Crippen LogP contribution in [0.25, 0.3) is 0 Å². The summed E-state index contributed by atoms with van der Waals surface area (Å²) in [5, 5.41) is 0. The maximum atomic E-state index is 12.1. The number of rotatable bonds is 3. The first-order valence-electron chi connectivity index (χ1n) is 5.86. The van der Waals surface area contributed by atoms with Gasteiger partial charge in [0.2, 0.25) is 5.91 Å². The fraction of sp³-hybridized carbons (Fsp3) is 0.909. The van der Waals surface area contributed by atoms with Crippen molar-refractivity contribution in [2.45, 2.75) is 25.9 Å². The Hall–Kier alpha value is -0.610. The molecule has 0 bridgehead atoms. The summed E-state index contributed by atoms with van der Waals surface area (Å²) < 4.78 is 5.54. The molecule has 2 aliphatic heterocycles. The van der Waals surface area contributed by atoms with E-state index in [9.17, 15) is 4.79 Å². The van der Waals surface area contributed by atoms with Gasteiger partial charge in [-0.25, -0.2) is 0 Å². The minimum Gasteiger partial charge on any atom is -0.377 e. The lowest BCUT2D eigenvalue weighted by atomic mass is 9.93. The molecule has 4 heteroatoms. The highest BCUT2D eigenvalue weighted by molar-refractivity contribution is 5.80. The molecule has 86 valence electrons. The average molecular weight is 212 g/mol. The van der Waals surface area contributed by atoms with Crippen LogP contribution in [-0.2, 0) is 9.53 Å². The van der Waals surface area contributed by atoms with Crippen LogP contribution in [0.4, 0.5) is 0 Å². The van der Waals surface area contributed by atoms with Gasteiger partial charge in [0.05, 0.1) is 12.0 Å². The second kappa shape index (κ2) is 4.49. The van der Waals surface area contributed by atoms with Gasteiger partial charge in [0.25, 0.3) is 0 Å². The molecule has 0 aliphatic carbocycles. The molecule has 4 nitrogen and oxygen atoms in total. The number of ether oxygens (including phenoxy) is 1. The minimum absolute atomic E-state index is 0.105. The van der Waals surface area contributed by atoms with E-state index >= 15 is 0 Å². The van der Waals surface area contributed by atoms with Gasteiger partial charge in [-0.05, 0) is 19.4 Å². The summed E-state index contributed by atoms with van der Waals surface area (Å²) in [6.45, 7) is 5.21. The van der Waals surface area contributed by atoms with Crippen molar-refractivity contribution < 1.29 is 9.53 Å². The number of amides is 1. The Bertz CT molecular complexity index is 239. The van der Waals surface area contributed by atoms with Gasteiger partial charge in [0.1, 0.15) is 0 Å². The molecule has 2 fully saturated rings. The minimum atomic E-state index is 0.105. The van der Waals surface area contributed by atoms with E-state index in [2.05, 4.69) is 6.92 Å². The Labute approximate surface area is 90.8 Å². The number of likely N-dealkylation sites (tertiary alicyclic amines) is 1. The fourth-order valence-corrected chi connectivity index (χ4v) is 2.47. The summed E-state index contributed by atoms with van der Waals surface area (Å²) in [6.07, 6.45) is 1.97. The summed E-state index contributed by atoms with van der Waals surface area (Å²) in [5.41, 5.74) is 5.54. The molecule has 0 radical (unpaired) electrons. The molecule has 0 saturated carbocycles. The topological polar surface area (TPSA) is 55.6 Å².